The number of hydrogen-bond acceptors (Lipinski definition) is 4. The predicted molar refractivity (Wildman–Crippen MR) is 56.2 cm³/mol. The van der Waals surface area contributed by atoms with E-state index in [1.165, 1.54) is 6.07 Å². The van der Waals surface area contributed by atoms with Crippen molar-refractivity contribution in [1.82, 2.24) is 0 Å². The standard InChI is InChI=1S/C10H14O4S/c1-7-4-3-5-9(8(7)2)15(13,14)10(12)6-11/h3-5,10-12H,6H2,1-2H3. The van der Waals surface area contributed by atoms with Crippen molar-refractivity contribution in [2.45, 2.75) is 24.2 Å². The number of benzene rings is 1. The van der Waals surface area contributed by atoms with E-state index >= 15 is 0 Å². The molecule has 0 aliphatic carbocycles. The second-order valence-electron chi connectivity index (χ2n) is 3.38. The first-order valence-corrected chi connectivity index (χ1v) is 6.05. The minimum atomic E-state index is -3.84. The highest BCUT2D eigenvalue weighted by molar-refractivity contribution is 7.92. The number of aliphatic hydroxyl groups is 2. The molecular formula is C10H14O4S. The van der Waals surface area contributed by atoms with E-state index in [0.717, 1.165) is 5.56 Å². The molecule has 1 aromatic rings. The Hall–Kier alpha value is -0.910. The van der Waals surface area contributed by atoms with Crippen LogP contribution < -0.4 is 0 Å². The van der Waals surface area contributed by atoms with E-state index in [2.05, 4.69) is 0 Å². The Balaban J connectivity index is 3.34. The third-order valence-corrected chi connectivity index (χ3v) is 4.30. The highest BCUT2D eigenvalue weighted by Gasteiger charge is 2.26. The summed E-state index contributed by atoms with van der Waals surface area (Å²) in [5.74, 6) is 0. The van der Waals surface area contributed by atoms with Crippen molar-refractivity contribution >= 4 is 9.84 Å². The van der Waals surface area contributed by atoms with Gasteiger partial charge in [0.05, 0.1) is 11.5 Å². The first kappa shape index (κ1) is 12.2. The van der Waals surface area contributed by atoms with Gasteiger partial charge in [0.15, 0.2) is 5.44 Å². The van der Waals surface area contributed by atoms with E-state index in [9.17, 15) is 13.5 Å². The monoisotopic (exact) mass is 230 g/mol. The van der Waals surface area contributed by atoms with Crippen LogP contribution in [0.25, 0.3) is 0 Å². The molecule has 0 aromatic heterocycles. The van der Waals surface area contributed by atoms with E-state index < -0.39 is 21.9 Å². The highest BCUT2D eigenvalue weighted by atomic mass is 32.2. The molecular weight excluding hydrogens is 216 g/mol. The van der Waals surface area contributed by atoms with Crippen LogP contribution in [0.4, 0.5) is 0 Å². The summed E-state index contributed by atoms with van der Waals surface area (Å²) in [6.45, 7) is 2.67. The number of hydrogen-bond donors (Lipinski definition) is 2. The Labute approximate surface area is 89.1 Å². The van der Waals surface area contributed by atoms with Gasteiger partial charge in [0, 0.05) is 0 Å². The summed E-state index contributed by atoms with van der Waals surface area (Å²) in [4.78, 5) is 0.0732. The maximum Gasteiger partial charge on any atom is 0.207 e. The molecule has 0 aliphatic rings. The summed E-state index contributed by atoms with van der Waals surface area (Å²) in [7, 11) is -3.84. The zero-order valence-electron chi connectivity index (χ0n) is 8.64. The molecule has 84 valence electrons. The molecule has 5 heteroatoms. The lowest BCUT2D eigenvalue weighted by molar-refractivity contribution is 0.152. The first-order chi connectivity index (χ1) is 6.91. The third kappa shape index (κ3) is 2.19. The molecule has 0 fully saturated rings. The Morgan fingerprint density at radius 2 is 1.93 bits per heavy atom. The molecule has 0 aliphatic heterocycles. The van der Waals surface area contributed by atoms with E-state index in [1.54, 1.807) is 26.0 Å². The van der Waals surface area contributed by atoms with E-state index in [4.69, 9.17) is 5.11 Å². The van der Waals surface area contributed by atoms with Crippen molar-refractivity contribution < 1.29 is 18.6 Å². The molecule has 0 saturated carbocycles. The second kappa shape index (κ2) is 4.30. The second-order valence-corrected chi connectivity index (χ2v) is 5.45. The van der Waals surface area contributed by atoms with Crippen LogP contribution in [0.5, 0.6) is 0 Å². The van der Waals surface area contributed by atoms with Gasteiger partial charge in [0.2, 0.25) is 9.84 Å². The summed E-state index contributed by atoms with van der Waals surface area (Å²) in [6.07, 6.45) is 0. The molecule has 2 N–H and O–H groups in total. The normalized spacial score (nSPS) is 13.9. The van der Waals surface area contributed by atoms with Gasteiger partial charge in [-0.1, -0.05) is 12.1 Å². The van der Waals surface area contributed by atoms with Crippen molar-refractivity contribution in [2.24, 2.45) is 0 Å². The SMILES string of the molecule is Cc1cccc(S(=O)(=O)C(O)CO)c1C. The molecule has 0 saturated heterocycles. The average Bonchev–Trinajstić information content (AvgIpc) is 2.20. The van der Waals surface area contributed by atoms with Crippen LogP contribution in [0.2, 0.25) is 0 Å². The largest absolute Gasteiger partial charge is 0.393 e. The van der Waals surface area contributed by atoms with Gasteiger partial charge in [-0.05, 0) is 31.0 Å². The van der Waals surface area contributed by atoms with Crippen LogP contribution in [0.15, 0.2) is 23.1 Å². The number of aliphatic hydroxyl groups excluding tert-OH is 2. The van der Waals surface area contributed by atoms with Crippen molar-refractivity contribution in [2.75, 3.05) is 6.61 Å². The predicted octanol–water partition coefficient (Wildman–Crippen LogP) is 0.388. The molecule has 15 heavy (non-hydrogen) atoms. The van der Waals surface area contributed by atoms with Gasteiger partial charge in [0.25, 0.3) is 0 Å². The highest BCUT2D eigenvalue weighted by Crippen LogP contribution is 2.21. The fourth-order valence-electron chi connectivity index (χ4n) is 1.28. The molecule has 0 amide bonds. The topological polar surface area (TPSA) is 74.6 Å². The minimum absolute atomic E-state index is 0.0732. The summed E-state index contributed by atoms with van der Waals surface area (Å²) < 4.78 is 23.5. The molecule has 0 heterocycles. The molecule has 1 aromatic carbocycles. The zero-order valence-corrected chi connectivity index (χ0v) is 9.45. The lowest BCUT2D eigenvalue weighted by Gasteiger charge is -2.12. The summed E-state index contributed by atoms with van der Waals surface area (Å²) in [5.41, 5.74) is -0.316. The number of aryl methyl sites for hydroxylation is 1. The van der Waals surface area contributed by atoms with Gasteiger partial charge in [-0.2, -0.15) is 0 Å². The van der Waals surface area contributed by atoms with Crippen molar-refractivity contribution in [3.63, 3.8) is 0 Å². The van der Waals surface area contributed by atoms with Gasteiger partial charge in [-0.15, -0.1) is 0 Å². The molecule has 1 unspecified atom stereocenters. The summed E-state index contributed by atoms with van der Waals surface area (Å²) in [5, 5.41) is 17.9. The van der Waals surface area contributed by atoms with Gasteiger partial charge >= 0.3 is 0 Å². The lowest BCUT2D eigenvalue weighted by Crippen LogP contribution is -2.25. The maximum atomic E-state index is 11.7. The van der Waals surface area contributed by atoms with Crippen molar-refractivity contribution in [3.05, 3.63) is 29.3 Å². The molecule has 0 bridgehead atoms. The summed E-state index contributed by atoms with van der Waals surface area (Å²) >= 11 is 0. The number of rotatable bonds is 3. The van der Waals surface area contributed by atoms with Crippen LogP contribution in [0.3, 0.4) is 0 Å². The fourth-order valence-corrected chi connectivity index (χ4v) is 2.62. The van der Waals surface area contributed by atoms with Crippen molar-refractivity contribution in [1.29, 1.82) is 0 Å². The zero-order chi connectivity index (χ0) is 11.6. The van der Waals surface area contributed by atoms with E-state index in [1.807, 2.05) is 0 Å². The number of sulfone groups is 1. The molecule has 1 rings (SSSR count). The third-order valence-electron chi connectivity index (χ3n) is 2.38. The first-order valence-electron chi connectivity index (χ1n) is 4.50. The molecule has 0 spiro atoms. The van der Waals surface area contributed by atoms with Gasteiger partial charge in [0.1, 0.15) is 0 Å². The van der Waals surface area contributed by atoms with Crippen LogP contribution in [-0.2, 0) is 9.84 Å². The smallest absolute Gasteiger partial charge is 0.207 e. The van der Waals surface area contributed by atoms with Gasteiger partial charge < -0.3 is 10.2 Å². The van der Waals surface area contributed by atoms with E-state index in [0.29, 0.717) is 5.56 Å². The summed E-state index contributed by atoms with van der Waals surface area (Å²) in [6, 6.07) is 4.83. The van der Waals surface area contributed by atoms with Crippen LogP contribution in [-0.4, -0.2) is 30.7 Å². The van der Waals surface area contributed by atoms with Crippen molar-refractivity contribution in [3.8, 4) is 0 Å². The fraction of sp³-hybridized carbons (Fsp3) is 0.400. The van der Waals surface area contributed by atoms with Gasteiger partial charge in [-0.25, -0.2) is 8.42 Å². The average molecular weight is 230 g/mol. The molecule has 4 nitrogen and oxygen atoms in total. The minimum Gasteiger partial charge on any atom is -0.393 e. The lowest BCUT2D eigenvalue weighted by atomic mass is 10.1. The maximum absolute atomic E-state index is 11.7. The Kier molecular flexibility index (Phi) is 3.49. The molecule has 1 atom stereocenters. The van der Waals surface area contributed by atoms with Crippen LogP contribution in [0.1, 0.15) is 11.1 Å². The van der Waals surface area contributed by atoms with Gasteiger partial charge in [-0.3, -0.25) is 0 Å². The quantitative estimate of drug-likeness (QED) is 0.787. The Morgan fingerprint density at radius 3 is 2.47 bits per heavy atom. The Morgan fingerprint density at radius 1 is 1.33 bits per heavy atom. The van der Waals surface area contributed by atoms with E-state index in [-0.39, 0.29) is 4.90 Å². The molecule has 0 radical (unpaired) electrons. The Bertz CT molecular complexity index is 450. The van der Waals surface area contributed by atoms with Crippen LogP contribution in [0, 0.1) is 13.8 Å². The van der Waals surface area contributed by atoms with Crippen LogP contribution >= 0.6 is 0 Å².